The van der Waals surface area contributed by atoms with E-state index in [9.17, 15) is 14.3 Å². The van der Waals surface area contributed by atoms with Gasteiger partial charge in [0.15, 0.2) is 17.3 Å². The molecule has 5 heteroatoms. The van der Waals surface area contributed by atoms with E-state index >= 15 is 0 Å². The minimum Gasteiger partial charge on any atom is -0.878 e. The van der Waals surface area contributed by atoms with Crippen molar-refractivity contribution >= 4 is 5.78 Å². The molecule has 1 aromatic rings. The van der Waals surface area contributed by atoms with Gasteiger partial charge in [0.1, 0.15) is 0 Å². The summed E-state index contributed by atoms with van der Waals surface area (Å²) >= 11 is 0. The van der Waals surface area contributed by atoms with E-state index in [0.717, 1.165) is 12.1 Å². The molecule has 0 fully saturated rings. The zero-order valence-electron chi connectivity index (χ0n) is 8.49. The van der Waals surface area contributed by atoms with Gasteiger partial charge in [-0.15, -0.1) is 6.26 Å². The van der Waals surface area contributed by atoms with Crippen LogP contribution in [0, 0.1) is 5.82 Å². The van der Waals surface area contributed by atoms with Gasteiger partial charge in [-0.05, 0) is 24.3 Å². The molecule has 0 radical (unpaired) electrons. The number of carbonyl (C=O) groups excluding carboxylic acids is 1. The number of carbonyl (C=O) groups is 1. The minimum atomic E-state index is -0.627. The van der Waals surface area contributed by atoms with Gasteiger partial charge in [0.2, 0.25) is 0 Å². The van der Waals surface area contributed by atoms with Crippen LogP contribution in [0.2, 0.25) is 0 Å². The molecular weight excluding hydrogens is 210 g/mol. The van der Waals surface area contributed by atoms with Crippen molar-refractivity contribution in [2.24, 2.45) is 0 Å². The van der Waals surface area contributed by atoms with Crippen molar-refractivity contribution in [3.63, 3.8) is 0 Å². The molecule has 0 amide bonds. The summed E-state index contributed by atoms with van der Waals surface area (Å²) in [5, 5.41) is 10.0. The van der Waals surface area contributed by atoms with E-state index in [1.165, 1.54) is 19.2 Å². The Kier molecular flexibility index (Phi) is 6.24. The fourth-order valence-corrected chi connectivity index (χ4v) is 0.978. The molecule has 0 unspecified atom stereocenters. The summed E-state index contributed by atoms with van der Waals surface area (Å²) < 4.78 is 17.7. The minimum absolute atomic E-state index is 0. The van der Waals surface area contributed by atoms with Crippen LogP contribution in [0.1, 0.15) is 10.4 Å². The summed E-state index contributed by atoms with van der Waals surface area (Å²) in [5.74, 6) is -1.09. The van der Waals surface area contributed by atoms with Gasteiger partial charge in [-0.25, -0.2) is 4.39 Å². The van der Waals surface area contributed by atoms with Gasteiger partial charge in [-0.1, -0.05) is 0 Å². The number of benzene rings is 1. The third kappa shape index (κ3) is 3.66. The number of halogens is 1. The molecule has 0 spiro atoms. The van der Waals surface area contributed by atoms with Crippen molar-refractivity contribution in [1.82, 2.24) is 0 Å². The molecule has 1 rings (SSSR count). The molecule has 0 aliphatic carbocycles. The fourth-order valence-electron chi connectivity index (χ4n) is 0.978. The van der Waals surface area contributed by atoms with Crippen molar-refractivity contribution in [3.8, 4) is 5.75 Å². The third-order valence-corrected chi connectivity index (χ3v) is 1.66. The van der Waals surface area contributed by atoms with E-state index in [1.54, 1.807) is 0 Å². The van der Waals surface area contributed by atoms with Gasteiger partial charge in [0, 0.05) is 5.56 Å². The maximum Gasteiger partial charge on any atom is 1.00 e. The van der Waals surface area contributed by atoms with Crippen LogP contribution < -0.4 is 39.4 Å². The van der Waals surface area contributed by atoms with E-state index in [2.05, 4.69) is 4.74 Å². The average Bonchev–Trinajstić information content (AvgIpc) is 2.18. The molecule has 0 heterocycles. The Bertz CT molecular complexity index is 377. The van der Waals surface area contributed by atoms with Crippen LogP contribution in [0.3, 0.4) is 0 Å². The van der Waals surface area contributed by atoms with Gasteiger partial charge in [0.05, 0.1) is 7.11 Å². The molecule has 0 bridgehead atoms. The molecule has 1 aromatic carbocycles. The largest absolute Gasteiger partial charge is 1.00 e. The molecule has 0 saturated carbocycles. The summed E-state index contributed by atoms with van der Waals surface area (Å²) in [6.45, 7) is 0. The Balaban J connectivity index is 0.00000196. The molecule has 0 aromatic heterocycles. The first-order chi connectivity index (χ1) is 6.69. The average molecular weight is 218 g/mol. The van der Waals surface area contributed by atoms with Crippen molar-refractivity contribution in [2.75, 3.05) is 7.11 Å². The number of rotatable bonds is 3. The van der Waals surface area contributed by atoms with E-state index in [-0.39, 0.29) is 40.9 Å². The second-order valence-corrected chi connectivity index (χ2v) is 2.52. The Labute approximate surface area is 109 Å². The number of methoxy groups -OCH3 is 1. The second-order valence-electron chi connectivity index (χ2n) is 2.52. The molecule has 15 heavy (non-hydrogen) atoms. The first-order valence-corrected chi connectivity index (χ1v) is 3.85. The van der Waals surface area contributed by atoms with E-state index in [4.69, 9.17) is 0 Å². The zero-order chi connectivity index (χ0) is 10.6. The zero-order valence-corrected chi connectivity index (χ0v) is 10.5. The number of ketones is 1. The summed E-state index contributed by atoms with van der Waals surface area (Å²) in [5.41, 5.74) is 0.121. The van der Waals surface area contributed by atoms with E-state index < -0.39 is 11.6 Å². The van der Waals surface area contributed by atoms with Crippen molar-refractivity contribution in [2.45, 2.75) is 0 Å². The molecule has 0 saturated heterocycles. The molecular formula is C10H8FNaO3. The summed E-state index contributed by atoms with van der Waals surface area (Å²) in [7, 11) is 1.33. The predicted molar refractivity (Wildman–Crippen MR) is 46.4 cm³/mol. The number of ether oxygens (including phenoxy) is 1. The van der Waals surface area contributed by atoms with Crippen LogP contribution in [0.5, 0.6) is 5.75 Å². The van der Waals surface area contributed by atoms with Crippen LogP contribution in [0.15, 0.2) is 30.5 Å². The second kappa shape index (κ2) is 6.61. The number of allylic oxidation sites excluding steroid dienone is 1. The SMILES string of the molecule is COc1ccc(C(=O)C=C[O-])cc1F.[Na+]. The molecule has 3 nitrogen and oxygen atoms in total. The maximum absolute atomic E-state index is 13.1. The normalized spacial score (nSPS) is 9.73. The van der Waals surface area contributed by atoms with E-state index in [0.29, 0.717) is 6.26 Å². The molecule has 74 valence electrons. The molecule has 0 atom stereocenters. The standard InChI is InChI=1S/C10H9FO3.Na/c1-14-10-3-2-7(6-8(10)11)9(13)4-5-12;/h2-6,12H,1H3;/q;+1/p-1. The monoisotopic (exact) mass is 218 g/mol. The first kappa shape index (κ1) is 14.2. The van der Waals surface area contributed by atoms with Crippen LogP contribution in [0.25, 0.3) is 0 Å². The third-order valence-electron chi connectivity index (χ3n) is 1.66. The summed E-state index contributed by atoms with van der Waals surface area (Å²) in [6, 6.07) is 3.76. The fraction of sp³-hybridized carbons (Fsp3) is 0.100. The first-order valence-electron chi connectivity index (χ1n) is 3.85. The Morgan fingerprint density at radius 2 is 2.20 bits per heavy atom. The Hall–Kier alpha value is -0.840. The van der Waals surface area contributed by atoms with Gasteiger partial charge in [0.25, 0.3) is 0 Å². The quantitative estimate of drug-likeness (QED) is 0.252. The Morgan fingerprint density at radius 1 is 1.53 bits per heavy atom. The summed E-state index contributed by atoms with van der Waals surface area (Å²) in [6.07, 6.45) is 1.20. The van der Waals surface area contributed by atoms with Crippen molar-refractivity contribution in [1.29, 1.82) is 0 Å². The maximum atomic E-state index is 13.1. The van der Waals surface area contributed by atoms with Crippen LogP contribution >= 0.6 is 0 Å². The number of hydrogen-bond acceptors (Lipinski definition) is 3. The van der Waals surface area contributed by atoms with Gasteiger partial charge in [-0.2, -0.15) is 0 Å². The van der Waals surface area contributed by atoms with Crippen LogP contribution in [-0.4, -0.2) is 12.9 Å². The van der Waals surface area contributed by atoms with Gasteiger partial charge in [-0.3, -0.25) is 4.79 Å². The smallest absolute Gasteiger partial charge is 0.878 e. The van der Waals surface area contributed by atoms with Gasteiger partial charge < -0.3 is 9.84 Å². The van der Waals surface area contributed by atoms with Crippen LogP contribution in [-0.2, 0) is 0 Å². The van der Waals surface area contributed by atoms with Crippen LogP contribution in [0.4, 0.5) is 4.39 Å². The number of hydrogen-bond donors (Lipinski definition) is 0. The molecule has 0 aliphatic heterocycles. The topological polar surface area (TPSA) is 49.4 Å². The summed E-state index contributed by atoms with van der Waals surface area (Å²) in [4.78, 5) is 11.1. The van der Waals surface area contributed by atoms with E-state index in [1.807, 2.05) is 0 Å². The predicted octanol–water partition coefficient (Wildman–Crippen LogP) is -2.10. The van der Waals surface area contributed by atoms with Gasteiger partial charge >= 0.3 is 29.6 Å². The molecule has 0 aliphatic rings. The Morgan fingerprint density at radius 3 is 2.67 bits per heavy atom. The molecule has 0 N–H and O–H groups in total. The van der Waals surface area contributed by atoms with Crippen molar-refractivity contribution in [3.05, 3.63) is 41.9 Å². The van der Waals surface area contributed by atoms with Crippen molar-refractivity contribution < 1.29 is 48.6 Å².